The lowest BCUT2D eigenvalue weighted by atomic mass is 10.1. The Morgan fingerprint density at radius 3 is 2.26 bits per heavy atom. The summed E-state index contributed by atoms with van der Waals surface area (Å²) in [4.78, 5) is 11.8. The fourth-order valence-corrected chi connectivity index (χ4v) is 1.88. The number of benzene rings is 2. The molecule has 3 heteroatoms. The normalized spacial score (nSPS) is 9.79. The number of hydrogen-bond acceptors (Lipinski definition) is 2. The third-order valence-electron chi connectivity index (χ3n) is 2.73. The van der Waals surface area contributed by atoms with Gasteiger partial charge in [-0.2, -0.15) is 0 Å². The Morgan fingerprint density at radius 2 is 1.53 bits per heavy atom. The first-order chi connectivity index (χ1) is 9.34. The van der Waals surface area contributed by atoms with Crippen molar-refractivity contribution in [3.8, 4) is 11.3 Å². The Morgan fingerprint density at radius 1 is 0.895 bits per heavy atom. The van der Waals surface area contributed by atoms with E-state index in [0.29, 0.717) is 18.3 Å². The first-order valence-corrected chi connectivity index (χ1v) is 5.81. The van der Waals surface area contributed by atoms with Crippen molar-refractivity contribution in [1.29, 1.82) is 0 Å². The molecule has 0 aliphatic rings. The van der Waals surface area contributed by atoms with Crippen LogP contribution in [0.2, 0.25) is 0 Å². The second kappa shape index (κ2) is 5.96. The summed E-state index contributed by atoms with van der Waals surface area (Å²) in [6, 6.07) is 19.0. The van der Waals surface area contributed by atoms with Gasteiger partial charge in [0.25, 0.3) is 0 Å². The Labute approximate surface area is 110 Å². The zero-order chi connectivity index (χ0) is 13.7. The van der Waals surface area contributed by atoms with Gasteiger partial charge in [-0.15, -0.1) is 0 Å². The molecule has 0 saturated carbocycles. The molecule has 0 bridgehead atoms. The van der Waals surface area contributed by atoms with Crippen LogP contribution in [0.15, 0.2) is 69.9 Å². The monoisotopic (exact) mass is 256 g/mol. The highest BCUT2D eigenvalue weighted by Gasteiger charge is 2.05. The fourth-order valence-electron chi connectivity index (χ4n) is 1.88. The maximum absolute atomic E-state index is 11.8. The summed E-state index contributed by atoms with van der Waals surface area (Å²) in [6.45, 7) is 0. The van der Waals surface area contributed by atoms with Crippen molar-refractivity contribution in [2.24, 2.45) is 0 Å². The molecule has 0 aliphatic carbocycles. The number of halogens is 1. The summed E-state index contributed by atoms with van der Waals surface area (Å²) in [6.07, 6.45) is 0. The summed E-state index contributed by atoms with van der Waals surface area (Å²) >= 11 is 0. The fraction of sp³-hybridized carbons (Fsp3) is 0.0625. The van der Waals surface area contributed by atoms with E-state index in [1.54, 1.807) is 6.07 Å². The van der Waals surface area contributed by atoms with Crippen molar-refractivity contribution in [1.82, 2.24) is 0 Å². The van der Waals surface area contributed by atoms with Gasteiger partial charge in [0, 0.05) is 5.56 Å². The first kappa shape index (κ1) is 13.0. The van der Waals surface area contributed by atoms with Gasteiger partial charge in [0.2, 0.25) is 0 Å². The molecule has 0 atom stereocenters. The molecular weight excluding hydrogens is 243 g/mol. The van der Waals surface area contributed by atoms with Crippen LogP contribution in [0.4, 0.5) is 4.39 Å². The van der Waals surface area contributed by atoms with Gasteiger partial charge in [-0.1, -0.05) is 48.5 Å². The Bertz CT molecular complexity index is 717. The Kier molecular flexibility index (Phi) is 4.08. The third-order valence-corrected chi connectivity index (χ3v) is 2.73. The van der Waals surface area contributed by atoms with Crippen LogP contribution in [0.1, 0.15) is 0 Å². The predicted octanol–water partition coefficient (Wildman–Crippen LogP) is 4.05. The molecule has 0 fully saturated rings. The zero-order valence-electron chi connectivity index (χ0n) is 10.5. The predicted molar refractivity (Wildman–Crippen MR) is 75.0 cm³/mol. The van der Waals surface area contributed by atoms with E-state index in [0.717, 1.165) is 10.9 Å². The lowest BCUT2D eigenvalue weighted by Gasteiger charge is -2.01. The van der Waals surface area contributed by atoms with Gasteiger partial charge in [-0.25, -0.2) is 4.79 Å². The van der Waals surface area contributed by atoms with Gasteiger partial charge in [-0.05, 0) is 17.5 Å². The minimum Gasteiger partial charge on any atom is -0.422 e. The van der Waals surface area contributed by atoms with E-state index >= 15 is 0 Å². The van der Waals surface area contributed by atoms with Crippen LogP contribution < -0.4 is 5.63 Å². The Hall–Kier alpha value is -2.42. The van der Waals surface area contributed by atoms with Crippen molar-refractivity contribution in [2.45, 2.75) is 0 Å². The highest BCUT2D eigenvalue weighted by molar-refractivity contribution is 5.83. The van der Waals surface area contributed by atoms with Crippen LogP contribution in [0.25, 0.3) is 22.1 Å². The number of fused-ring (bicyclic) bond motifs is 1. The molecular formula is C16H13FO2. The summed E-state index contributed by atoms with van der Waals surface area (Å²) in [5.41, 5.74) is 0.623. The summed E-state index contributed by atoms with van der Waals surface area (Å²) < 4.78 is 14.8. The maximum atomic E-state index is 11.8. The van der Waals surface area contributed by atoms with Gasteiger partial charge in [-0.3, -0.25) is 4.39 Å². The first-order valence-electron chi connectivity index (χ1n) is 5.81. The molecule has 19 heavy (non-hydrogen) atoms. The molecule has 0 amide bonds. The number of alkyl halides is 1. The average Bonchev–Trinajstić information content (AvgIpc) is 2.50. The smallest absolute Gasteiger partial charge is 0.344 e. The van der Waals surface area contributed by atoms with Crippen molar-refractivity contribution in [2.75, 3.05) is 7.18 Å². The number of rotatable bonds is 1. The van der Waals surface area contributed by atoms with E-state index in [9.17, 15) is 9.18 Å². The SMILES string of the molecule is CF.O=c1oc(-c2ccccc2)cc2ccccc12. The van der Waals surface area contributed by atoms with E-state index in [1.807, 2.05) is 54.6 Å². The van der Waals surface area contributed by atoms with Crippen LogP contribution >= 0.6 is 0 Å². The van der Waals surface area contributed by atoms with E-state index in [1.165, 1.54) is 0 Å². The maximum Gasteiger partial charge on any atom is 0.344 e. The molecule has 3 aromatic rings. The van der Waals surface area contributed by atoms with Crippen LogP contribution in [-0.4, -0.2) is 7.18 Å². The van der Waals surface area contributed by atoms with E-state index in [4.69, 9.17) is 4.42 Å². The van der Waals surface area contributed by atoms with E-state index in [2.05, 4.69) is 0 Å². The van der Waals surface area contributed by atoms with Gasteiger partial charge in [0.05, 0.1) is 12.6 Å². The molecule has 2 aromatic carbocycles. The van der Waals surface area contributed by atoms with Crippen LogP contribution in [0, 0.1) is 0 Å². The van der Waals surface area contributed by atoms with Gasteiger partial charge < -0.3 is 4.42 Å². The molecule has 0 unspecified atom stereocenters. The average molecular weight is 256 g/mol. The Balaban J connectivity index is 0.000000637. The second-order valence-electron chi connectivity index (χ2n) is 3.85. The molecule has 96 valence electrons. The van der Waals surface area contributed by atoms with E-state index < -0.39 is 0 Å². The van der Waals surface area contributed by atoms with Crippen molar-refractivity contribution >= 4 is 10.8 Å². The lowest BCUT2D eigenvalue weighted by molar-refractivity contribution is 0.535. The second-order valence-corrected chi connectivity index (χ2v) is 3.85. The lowest BCUT2D eigenvalue weighted by Crippen LogP contribution is -1.99. The minimum absolute atomic E-state index is 0.290. The zero-order valence-corrected chi connectivity index (χ0v) is 10.5. The van der Waals surface area contributed by atoms with Crippen LogP contribution in [0.5, 0.6) is 0 Å². The molecule has 0 saturated heterocycles. The molecule has 2 nitrogen and oxygen atoms in total. The molecule has 0 aliphatic heterocycles. The highest BCUT2D eigenvalue weighted by Crippen LogP contribution is 2.21. The van der Waals surface area contributed by atoms with Crippen molar-refractivity contribution in [3.63, 3.8) is 0 Å². The van der Waals surface area contributed by atoms with Crippen molar-refractivity contribution < 1.29 is 8.81 Å². The summed E-state index contributed by atoms with van der Waals surface area (Å²) in [5, 5.41) is 1.52. The quantitative estimate of drug-likeness (QED) is 0.657. The van der Waals surface area contributed by atoms with Gasteiger partial charge >= 0.3 is 5.63 Å². The third kappa shape index (κ3) is 2.71. The molecule has 3 rings (SSSR count). The summed E-state index contributed by atoms with van der Waals surface area (Å²) in [5.74, 6) is 0.606. The molecule has 1 aromatic heterocycles. The molecule has 0 N–H and O–H groups in total. The molecule has 1 heterocycles. The minimum atomic E-state index is -0.290. The highest BCUT2D eigenvalue weighted by atomic mass is 19.1. The van der Waals surface area contributed by atoms with Crippen LogP contribution in [0.3, 0.4) is 0 Å². The molecule has 0 radical (unpaired) electrons. The van der Waals surface area contributed by atoms with Crippen molar-refractivity contribution in [3.05, 3.63) is 71.1 Å². The van der Waals surface area contributed by atoms with Crippen LogP contribution in [-0.2, 0) is 0 Å². The molecule has 0 spiro atoms. The summed E-state index contributed by atoms with van der Waals surface area (Å²) in [7, 11) is 0.500. The number of hydrogen-bond donors (Lipinski definition) is 0. The van der Waals surface area contributed by atoms with Gasteiger partial charge in [0.1, 0.15) is 5.76 Å². The largest absolute Gasteiger partial charge is 0.422 e. The topological polar surface area (TPSA) is 30.2 Å². The van der Waals surface area contributed by atoms with Gasteiger partial charge in [0.15, 0.2) is 0 Å². The standard InChI is InChI=1S/C15H10O2.CH3F/c16-15-13-9-5-4-8-12(13)10-14(17-15)11-6-2-1-3-7-11;1-2/h1-10H;1H3. The van der Waals surface area contributed by atoms with E-state index in [-0.39, 0.29) is 5.63 Å².